The summed E-state index contributed by atoms with van der Waals surface area (Å²) < 4.78 is 41.3. The third-order valence-electron chi connectivity index (χ3n) is 5.11. The lowest BCUT2D eigenvalue weighted by Gasteiger charge is -2.11. The van der Waals surface area contributed by atoms with Gasteiger partial charge in [-0.1, -0.05) is 26.8 Å². The van der Waals surface area contributed by atoms with Crippen LogP contribution in [0.25, 0.3) is 0 Å². The predicted molar refractivity (Wildman–Crippen MR) is 128 cm³/mol. The van der Waals surface area contributed by atoms with Crippen molar-refractivity contribution in [3.05, 3.63) is 72.2 Å². The Morgan fingerprint density at radius 3 is 2.58 bits per heavy atom. The molecule has 0 saturated carbocycles. The summed E-state index contributed by atoms with van der Waals surface area (Å²) in [7, 11) is 0. The van der Waals surface area contributed by atoms with E-state index in [1.54, 1.807) is 6.07 Å². The Hall–Kier alpha value is -3.86. The van der Waals surface area contributed by atoms with Crippen LogP contribution in [0.2, 0.25) is 0 Å². The van der Waals surface area contributed by atoms with E-state index in [-0.39, 0.29) is 30.1 Å². The summed E-state index contributed by atoms with van der Waals surface area (Å²) in [6, 6.07) is 6.79. The minimum absolute atomic E-state index is 0.0143. The number of benzene rings is 1. The minimum Gasteiger partial charge on any atom is -0.482 e. The lowest BCUT2D eigenvalue weighted by Crippen LogP contribution is -2.28. The lowest BCUT2D eigenvalue weighted by atomic mass is 10.0. The first kappa shape index (κ1) is 28.4. The number of pyridine rings is 1. The van der Waals surface area contributed by atoms with Crippen molar-refractivity contribution in [2.75, 3.05) is 5.32 Å². The van der Waals surface area contributed by atoms with E-state index in [4.69, 9.17) is 19.6 Å². The van der Waals surface area contributed by atoms with Crippen molar-refractivity contribution in [1.82, 2.24) is 9.97 Å². The summed E-state index contributed by atoms with van der Waals surface area (Å²) in [5.74, 6) is -2.13. The van der Waals surface area contributed by atoms with Crippen molar-refractivity contribution >= 4 is 17.5 Å². The fourth-order valence-electron chi connectivity index (χ4n) is 3.07. The molecule has 2 unspecified atom stereocenters. The number of primary amides is 1. The van der Waals surface area contributed by atoms with Crippen LogP contribution in [-0.4, -0.2) is 34.0 Å². The summed E-state index contributed by atoms with van der Waals surface area (Å²) in [5, 5.41) is 2.71. The summed E-state index contributed by atoms with van der Waals surface area (Å²) in [4.78, 5) is 30.5. The number of hydrogen-bond acceptors (Lipinski definition) is 7. The number of nitrogens with two attached hydrogens (primary N) is 1. The van der Waals surface area contributed by atoms with Gasteiger partial charge in [-0.15, -0.1) is 0 Å². The number of carbonyl (C=O) groups excluding carboxylic acids is 2. The SMILES string of the molecule is CC.CC1OC(C(=O)Nc2ccnc(C(N)=O)c2)C[C@@H]1C.Fc1cccc(OCc2cnco2)c1F. The zero-order valence-electron chi connectivity index (χ0n) is 20.5. The molecule has 3 N–H and O–H groups in total. The predicted octanol–water partition coefficient (Wildman–Crippen LogP) is 4.49. The van der Waals surface area contributed by atoms with Gasteiger partial charge in [-0.2, -0.15) is 4.39 Å². The van der Waals surface area contributed by atoms with Crippen molar-refractivity contribution in [2.24, 2.45) is 11.7 Å². The number of nitrogens with zero attached hydrogens (tertiary/aromatic N) is 2. The molecule has 1 saturated heterocycles. The molecule has 1 fully saturated rings. The molecule has 9 nitrogen and oxygen atoms in total. The number of nitrogens with one attached hydrogen (secondary N) is 1. The maximum atomic E-state index is 13.1. The van der Waals surface area contributed by atoms with Gasteiger partial charge in [0.05, 0.1) is 12.3 Å². The van der Waals surface area contributed by atoms with Crippen LogP contribution < -0.4 is 15.8 Å². The molecular weight excluding hydrogens is 474 g/mol. The second-order valence-corrected chi connectivity index (χ2v) is 7.63. The number of halogens is 2. The number of oxazole rings is 1. The van der Waals surface area contributed by atoms with E-state index in [0.717, 1.165) is 6.07 Å². The lowest BCUT2D eigenvalue weighted by molar-refractivity contribution is -0.126. The summed E-state index contributed by atoms with van der Waals surface area (Å²) >= 11 is 0. The van der Waals surface area contributed by atoms with Gasteiger partial charge in [-0.05, 0) is 43.5 Å². The molecule has 11 heteroatoms. The number of amides is 2. The van der Waals surface area contributed by atoms with E-state index >= 15 is 0 Å². The van der Waals surface area contributed by atoms with Crippen molar-refractivity contribution in [1.29, 1.82) is 0 Å². The molecule has 0 radical (unpaired) electrons. The Kier molecular flexibility index (Phi) is 10.9. The Morgan fingerprint density at radius 2 is 1.97 bits per heavy atom. The molecule has 1 aromatic carbocycles. The summed E-state index contributed by atoms with van der Waals surface area (Å²) in [5.41, 5.74) is 5.74. The maximum absolute atomic E-state index is 13.1. The van der Waals surface area contributed by atoms with Crippen LogP contribution >= 0.6 is 0 Å². The van der Waals surface area contributed by atoms with Gasteiger partial charge in [0.25, 0.3) is 11.8 Å². The molecule has 0 spiro atoms. The number of carbonyl (C=O) groups is 2. The van der Waals surface area contributed by atoms with Crippen molar-refractivity contribution < 1.29 is 32.3 Å². The number of ether oxygens (including phenoxy) is 2. The number of aromatic nitrogens is 2. The largest absolute Gasteiger partial charge is 0.482 e. The molecule has 3 atom stereocenters. The van der Waals surface area contributed by atoms with E-state index in [2.05, 4.69) is 22.2 Å². The monoisotopic (exact) mass is 504 g/mol. The molecular formula is C25H30F2N4O5. The average molecular weight is 505 g/mol. The maximum Gasteiger partial charge on any atom is 0.267 e. The minimum atomic E-state index is -1.00. The Labute approximate surface area is 208 Å². The van der Waals surface area contributed by atoms with Crippen LogP contribution in [0.4, 0.5) is 14.5 Å². The molecule has 0 aliphatic carbocycles. The van der Waals surface area contributed by atoms with E-state index in [9.17, 15) is 18.4 Å². The highest BCUT2D eigenvalue weighted by molar-refractivity contribution is 5.96. The average Bonchev–Trinajstić information content (AvgIpc) is 3.51. The third kappa shape index (κ3) is 8.12. The highest BCUT2D eigenvalue weighted by Gasteiger charge is 2.33. The van der Waals surface area contributed by atoms with Gasteiger partial charge in [0, 0.05) is 11.9 Å². The van der Waals surface area contributed by atoms with Gasteiger partial charge in [0.15, 0.2) is 23.7 Å². The van der Waals surface area contributed by atoms with Crippen LogP contribution in [0.1, 0.15) is 50.4 Å². The molecule has 2 aromatic heterocycles. The van der Waals surface area contributed by atoms with Crippen LogP contribution in [0, 0.1) is 17.6 Å². The quantitative estimate of drug-likeness (QED) is 0.506. The number of anilines is 1. The number of rotatable bonds is 6. The number of hydrogen-bond donors (Lipinski definition) is 2. The second kappa shape index (κ2) is 13.9. The van der Waals surface area contributed by atoms with Gasteiger partial charge in [0.1, 0.15) is 18.4 Å². The topological polar surface area (TPSA) is 130 Å². The summed E-state index contributed by atoms with van der Waals surface area (Å²) in [6.45, 7) is 8.02. The first-order chi connectivity index (χ1) is 17.2. The zero-order chi connectivity index (χ0) is 26.7. The second-order valence-electron chi connectivity index (χ2n) is 7.63. The molecule has 1 aliphatic rings. The molecule has 4 rings (SSSR count). The van der Waals surface area contributed by atoms with E-state index in [1.807, 2.05) is 20.8 Å². The van der Waals surface area contributed by atoms with E-state index < -0.39 is 23.6 Å². The fraction of sp³-hybridized carbons (Fsp3) is 0.360. The van der Waals surface area contributed by atoms with Gasteiger partial charge in [-0.3, -0.25) is 14.6 Å². The van der Waals surface area contributed by atoms with E-state index in [0.29, 0.717) is 23.8 Å². The Morgan fingerprint density at radius 1 is 1.22 bits per heavy atom. The molecule has 2 amide bonds. The first-order valence-corrected chi connectivity index (χ1v) is 11.4. The van der Waals surface area contributed by atoms with E-state index in [1.165, 1.54) is 37.0 Å². The van der Waals surface area contributed by atoms with Crippen LogP contribution in [0.15, 0.2) is 53.5 Å². The molecule has 3 aromatic rings. The smallest absolute Gasteiger partial charge is 0.267 e. The molecule has 3 heterocycles. The van der Waals surface area contributed by atoms with Crippen LogP contribution in [0.5, 0.6) is 5.75 Å². The Bertz CT molecular complexity index is 1120. The first-order valence-electron chi connectivity index (χ1n) is 11.4. The highest BCUT2D eigenvalue weighted by atomic mass is 19.2. The van der Waals surface area contributed by atoms with Gasteiger partial charge < -0.3 is 24.9 Å². The van der Waals surface area contributed by atoms with Crippen molar-refractivity contribution in [2.45, 2.75) is 52.9 Å². The van der Waals surface area contributed by atoms with Gasteiger partial charge in [-0.25, -0.2) is 9.37 Å². The van der Waals surface area contributed by atoms with Crippen molar-refractivity contribution in [3.63, 3.8) is 0 Å². The molecule has 0 bridgehead atoms. The van der Waals surface area contributed by atoms with Crippen molar-refractivity contribution in [3.8, 4) is 5.75 Å². The fourth-order valence-corrected chi connectivity index (χ4v) is 3.07. The molecule has 1 aliphatic heterocycles. The van der Waals surface area contributed by atoms with Crippen LogP contribution in [-0.2, 0) is 16.1 Å². The van der Waals surface area contributed by atoms with Gasteiger partial charge >= 0.3 is 0 Å². The Balaban J connectivity index is 0.000000243. The summed E-state index contributed by atoms with van der Waals surface area (Å²) in [6.07, 6.45) is 4.43. The zero-order valence-corrected chi connectivity index (χ0v) is 20.5. The normalized spacial score (nSPS) is 18.2. The molecule has 194 valence electrons. The third-order valence-corrected chi connectivity index (χ3v) is 5.11. The van der Waals surface area contributed by atoms with Crippen LogP contribution in [0.3, 0.4) is 0 Å². The molecule has 36 heavy (non-hydrogen) atoms. The highest BCUT2D eigenvalue weighted by Crippen LogP contribution is 2.26. The standard InChI is InChI=1S/C13H17N3O3.C10H7F2NO2.C2H6/c1-7-5-11(19-8(7)2)13(18)16-9-3-4-15-10(6-9)12(14)17;11-8-2-1-3-9(10(8)12)14-5-7-4-13-6-15-7;1-2/h3-4,6-8,11H,5H2,1-2H3,(H2,14,17)(H,15,16,18);1-4,6H,5H2;1-2H3/t7-,8?,11?;;/m0../s1. The van der Waals surface area contributed by atoms with Gasteiger partial charge in [0.2, 0.25) is 5.82 Å².